The summed E-state index contributed by atoms with van der Waals surface area (Å²) in [4.78, 5) is 50.6. The number of rotatable bonds is 5. The highest BCUT2D eigenvalue weighted by Crippen LogP contribution is 2.23. The number of amides is 1. The van der Waals surface area contributed by atoms with Crippen molar-refractivity contribution in [2.75, 3.05) is 11.9 Å². The Balaban J connectivity index is 1.40. The van der Waals surface area contributed by atoms with Crippen molar-refractivity contribution >= 4 is 23.3 Å². The molecule has 0 saturated carbocycles. The number of Topliss-reactive ketones (excluding diaryl/α,β-unsaturated/α-hetero) is 1. The highest BCUT2D eigenvalue weighted by atomic mass is 16.5. The fraction of sp³-hybridized carbons (Fsp3) is 0.182. The Bertz CT molecular complexity index is 1200. The Hall–Kier alpha value is -3.94. The molecule has 8 nitrogen and oxygen atoms in total. The minimum Gasteiger partial charge on any atom is -0.454 e. The molecule has 2 N–H and O–H groups in total. The molecule has 30 heavy (non-hydrogen) atoms. The zero-order valence-electron chi connectivity index (χ0n) is 16.2. The average molecular weight is 405 g/mol. The number of esters is 1. The molecule has 4 rings (SSSR count). The number of imidazole rings is 1. The van der Waals surface area contributed by atoms with Crippen LogP contribution < -0.4 is 11.0 Å². The third-order valence-corrected chi connectivity index (χ3v) is 4.98. The van der Waals surface area contributed by atoms with Gasteiger partial charge in [0.2, 0.25) is 5.91 Å². The number of aromatic amines is 1. The molecular formula is C22H19N3O5. The van der Waals surface area contributed by atoms with Crippen LogP contribution in [0.1, 0.15) is 38.4 Å². The smallest absolute Gasteiger partial charge is 0.338 e. The van der Waals surface area contributed by atoms with Gasteiger partial charge >= 0.3 is 11.7 Å². The molecule has 0 spiro atoms. The van der Waals surface area contributed by atoms with Gasteiger partial charge < -0.3 is 15.0 Å². The van der Waals surface area contributed by atoms with E-state index >= 15 is 0 Å². The Morgan fingerprint density at radius 3 is 2.47 bits per heavy atom. The largest absolute Gasteiger partial charge is 0.454 e. The lowest BCUT2D eigenvalue weighted by atomic mass is 9.99. The molecule has 0 saturated heterocycles. The molecular weight excluding hydrogens is 386 g/mol. The number of aryl methyl sites for hydroxylation is 2. The summed E-state index contributed by atoms with van der Waals surface area (Å²) in [5, 5.41) is 2.76. The second kappa shape index (κ2) is 7.82. The van der Waals surface area contributed by atoms with Crippen molar-refractivity contribution in [1.82, 2.24) is 9.55 Å². The van der Waals surface area contributed by atoms with Crippen molar-refractivity contribution < 1.29 is 19.1 Å². The van der Waals surface area contributed by atoms with Gasteiger partial charge in [-0.3, -0.25) is 14.2 Å². The summed E-state index contributed by atoms with van der Waals surface area (Å²) in [6.45, 7) is 1.41. The van der Waals surface area contributed by atoms with Crippen molar-refractivity contribution in [3.05, 3.63) is 81.5 Å². The number of hydrogen-bond donors (Lipinski definition) is 2. The first kappa shape index (κ1) is 19.4. The van der Waals surface area contributed by atoms with Crippen LogP contribution in [0.4, 0.5) is 5.69 Å². The molecule has 8 heteroatoms. The van der Waals surface area contributed by atoms with E-state index in [-0.39, 0.29) is 29.6 Å². The van der Waals surface area contributed by atoms with Gasteiger partial charge in [0.25, 0.3) is 0 Å². The lowest BCUT2D eigenvalue weighted by Crippen LogP contribution is -2.20. The summed E-state index contributed by atoms with van der Waals surface area (Å²) >= 11 is 0. The van der Waals surface area contributed by atoms with Crippen LogP contribution >= 0.6 is 0 Å². The topological polar surface area (TPSA) is 110 Å². The van der Waals surface area contributed by atoms with Crippen LogP contribution in [-0.4, -0.2) is 33.8 Å². The van der Waals surface area contributed by atoms with Gasteiger partial charge in [-0.2, -0.15) is 0 Å². The molecule has 1 aliphatic heterocycles. The summed E-state index contributed by atoms with van der Waals surface area (Å²) in [5.74, 6) is -0.995. The van der Waals surface area contributed by atoms with Crippen molar-refractivity contribution in [1.29, 1.82) is 0 Å². The number of aromatic nitrogens is 2. The van der Waals surface area contributed by atoms with Gasteiger partial charge in [0.15, 0.2) is 12.4 Å². The molecule has 1 aliphatic rings. The number of hydrogen-bond acceptors (Lipinski definition) is 5. The van der Waals surface area contributed by atoms with Crippen LogP contribution in [0, 0.1) is 6.92 Å². The normalized spacial score (nSPS) is 12.8. The zero-order valence-corrected chi connectivity index (χ0v) is 16.2. The van der Waals surface area contributed by atoms with E-state index in [9.17, 15) is 19.2 Å². The molecule has 0 bridgehead atoms. The molecule has 1 aromatic heterocycles. The van der Waals surface area contributed by atoms with E-state index in [1.165, 1.54) is 4.57 Å². The fourth-order valence-corrected chi connectivity index (χ4v) is 3.38. The van der Waals surface area contributed by atoms with Crippen molar-refractivity contribution in [3.63, 3.8) is 0 Å². The minimum absolute atomic E-state index is 0.0435. The standard InChI is InChI=1S/C22H19N3O5/c1-13-11-23-22(29)25(13)17-6-2-14(3-7-17)21(28)30-12-19(26)16-4-8-18-15(10-16)5-9-20(27)24-18/h2-4,6-8,10-11H,5,9,12H2,1H3,(H,23,29)(H,24,27). The summed E-state index contributed by atoms with van der Waals surface area (Å²) in [7, 11) is 0. The summed E-state index contributed by atoms with van der Waals surface area (Å²) < 4.78 is 6.63. The van der Waals surface area contributed by atoms with Gasteiger partial charge in [-0.15, -0.1) is 0 Å². The Morgan fingerprint density at radius 2 is 1.77 bits per heavy atom. The number of ether oxygens (including phenoxy) is 1. The molecule has 0 atom stereocenters. The monoisotopic (exact) mass is 405 g/mol. The second-order valence-corrected chi connectivity index (χ2v) is 7.04. The number of ketones is 1. The van der Waals surface area contributed by atoms with E-state index in [0.29, 0.717) is 29.8 Å². The van der Waals surface area contributed by atoms with Crippen LogP contribution in [0.25, 0.3) is 5.69 Å². The molecule has 3 aromatic rings. The third kappa shape index (κ3) is 3.80. The van der Waals surface area contributed by atoms with Crippen molar-refractivity contribution in [3.8, 4) is 5.69 Å². The van der Waals surface area contributed by atoms with Gasteiger partial charge in [-0.25, -0.2) is 9.59 Å². The summed E-state index contributed by atoms with van der Waals surface area (Å²) in [6, 6.07) is 11.4. The van der Waals surface area contributed by atoms with Gasteiger partial charge in [0.1, 0.15) is 0 Å². The number of benzene rings is 2. The maximum absolute atomic E-state index is 12.4. The van der Waals surface area contributed by atoms with Crippen LogP contribution in [0.2, 0.25) is 0 Å². The molecule has 1 amide bonds. The van der Waals surface area contributed by atoms with Crippen molar-refractivity contribution in [2.45, 2.75) is 19.8 Å². The molecule has 2 aromatic carbocycles. The Morgan fingerprint density at radius 1 is 1.03 bits per heavy atom. The summed E-state index contributed by atoms with van der Waals surface area (Å²) in [5.41, 5.74) is 3.39. The molecule has 0 radical (unpaired) electrons. The molecule has 0 unspecified atom stereocenters. The third-order valence-electron chi connectivity index (χ3n) is 4.98. The maximum Gasteiger partial charge on any atom is 0.338 e. The fourth-order valence-electron chi connectivity index (χ4n) is 3.38. The predicted octanol–water partition coefficient (Wildman–Crippen LogP) is 2.40. The number of carbonyl (C=O) groups is 3. The zero-order chi connectivity index (χ0) is 21.3. The first-order chi connectivity index (χ1) is 14.4. The van der Waals surface area contributed by atoms with Gasteiger partial charge in [-0.1, -0.05) is 0 Å². The molecule has 0 aliphatic carbocycles. The minimum atomic E-state index is -0.627. The Kier molecular flexibility index (Phi) is 5.05. The van der Waals surface area contributed by atoms with E-state index in [1.54, 1.807) is 55.6 Å². The number of carbonyl (C=O) groups excluding carboxylic acids is 3. The average Bonchev–Trinajstić information content (AvgIpc) is 3.09. The predicted molar refractivity (Wildman–Crippen MR) is 109 cm³/mol. The van der Waals surface area contributed by atoms with E-state index in [0.717, 1.165) is 11.3 Å². The van der Waals surface area contributed by atoms with Gasteiger partial charge in [0, 0.05) is 29.6 Å². The highest BCUT2D eigenvalue weighted by Gasteiger charge is 2.18. The molecule has 2 heterocycles. The van der Waals surface area contributed by atoms with E-state index in [2.05, 4.69) is 10.3 Å². The second-order valence-electron chi connectivity index (χ2n) is 7.04. The van der Waals surface area contributed by atoms with Gasteiger partial charge in [-0.05, 0) is 61.4 Å². The Labute approximate surface area is 171 Å². The maximum atomic E-state index is 12.4. The van der Waals surface area contributed by atoms with E-state index in [1.807, 2.05) is 0 Å². The first-order valence-electron chi connectivity index (χ1n) is 9.43. The molecule has 152 valence electrons. The number of nitrogens with zero attached hydrogens (tertiary/aromatic N) is 1. The number of nitrogens with one attached hydrogen (secondary N) is 2. The number of fused-ring (bicyclic) bond motifs is 1. The lowest BCUT2D eigenvalue weighted by Gasteiger charge is -2.17. The van der Waals surface area contributed by atoms with Crippen LogP contribution in [0.3, 0.4) is 0 Å². The van der Waals surface area contributed by atoms with Crippen LogP contribution in [-0.2, 0) is 16.0 Å². The first-order valence-corrected chi connectivity index (χ1v) is 9.43. The quantitative estimate of drug-likeness (QED) is 0.500. The van der Waals surface area contributed by atoms with Crippen LogP contribution in [0.15, 0.2) is 53.5 Å². The van der Waals surface area contributed by atoms with Crippen LogP contribution in [0.5, 0.6) is 0 Å². The van der Waals surface area contributed by atoms with E-state index in [4.69, 9.17) is 4.74 Å². The number of anilines is 1. The van der Waals surface area contributed by atoms with Gasteiger partial charge in [0.05, 0.1) is 11.3 Å². The molecule has 0 fully saturated rings. The lowest BCUT2D eigenvalue weighted by molar-refractivity contribution is -0.116. The summed E-state index contributed by atoms with van der Waals surface area (Å²) in [6.07, 6.45) is 2.55. The van der Waals surface area contributed by atoms with Crippen molar-refractivity contribution in [2.24, 2.45) is 0 Å². The number of H-pyrrole nitrogens is 1. The van der Waals surface area contributed by atoms with E-state index < -0.39 is 5.97 Å². The highest BCUT2D eigenvalue weighted by molar-refractivity contribution is 6.01. The SMILES string of the molecule is Cc1c[nH]c(=O)n1-c1ccc(C(=O)OCC(=O)c2ccc3c(c2)CCC(=O)N3)cc1.